The zero-order valence-electron chi connectivity index (χ0n) is 13.1. The molecule has 1 aliphatic rings. The van der Waals surface area contributed by atoms with E-state index in [1.165, 1.54) is 0 Å². The first-order valence-corrected chi connectivity index (χ1v) is 7.72. The van der Waals surface area contributed by atoms with Gasteiger partial charge in [-0.3, -0.25) is 0 Å². The Labute approximate surface area is 139 Å². The molecule has 1 saturated heterocycles. The summed E-state index contributed by atoms with van der Waals surface area (Å²) in [7, 11) is 0. The Morgan fingerprint density at radius 1 is 1.21 bits per heavy atom. The highest BCUT2D eigenvalue weighted by Crippen LogP contribution is 2.15. The topological polar surface area (TPSA) is 107 Å². The summed E-state index contributed by atoms with van der Waals surface area (Å²) in [6.45, 7) is 2.77. The summed E-state index contributed by atoms with van der Waals surface area (Å²) in [6, 6.07) is 11.3. The van der Waals surface area contributed by atoms with Crippen LogP contribution in [-0.4, -0.2) is 52.9 Å². The molecule has 124 valence electrons. The minimum Gasteiger partial charge on any atom is -0.387 e. The summed E-state index contributed by atoms with van der Waals surface area (Å²) < 4.78 is 5.31. The predicted molar refractivity (Wildman–Crippen MR) is 87.5 cm³/mol. The van der Waals surface area contributed by atoms with Gasteiger partial charge in [0.1, 0.15) is 6.07 Å². The summed E-state index contributed by atoms with van der Waals surface area (Å²) in [4.78, 5) is 14.5. The zero-order chi connectivity index (χ0) is 16.8. The molecule has 2 N–H and O–H groups in total. The van der Waals surface area contributed by atoms with Gasteiger partial charge in [-0.1, -0.05) is 30.3 Å². The van der Waals surface area contributed by atoms with Crippen LogP contribution in [0.2, 0.25) is 0 Å². The second-order valence-corrected chi connectivity index (χ2v) is 5.30. The number of anilines is 2. The van der Waals surface area contributed by atoms with Crippen LogP contribution in [0, 0.1) is 11.3 Å². The fraction of sp³-hybridized carbons (Fsp3) is 0.375. The molecule has 0 bridgehead atoms. The summed E-state index contributed by atoms with van der Waals surface area (Å²) in [6.07, 6.45) is -0.694. The van der Waals surface area contributed by atoms with Crippen molar-refractivity contribution in [3.05, 3.63) is 41.7 Å². The largest absolute Gasteiger partial charge is 0.387 e. The zero-order valence-corrected chi connectivity index (χ0v) is 13.1. The molecule has 24 heavy (non-hydrogen) atoms. The molecule has 2 heterocycles. The predicted octanol–water partition coefficient (Wildman–Crippen LogP) is 0.725. The van der Waals surface area contributed by atoms with Gasteiger partial charge in [0.05, 0.1) is 19.3 Å². The number of benzene rings is 1. The third kappa shape index (κ3) is 3.95. The lowest BCUT2D eigenvalue weighted by molar-refractivity contribution is 0.122. The van der Waals surface area contributed by atoms with Crippen LogP contribution < -0.4 is 10.2 Å². The maximum Gasteiger partial charge on any atom is 0.238 e. The van der Waals surface area contributed by atoms with Crippen molar-refractivity contribution in [2.75, 3.05) is 43.1 Å². The summed E-state index contributed by atoms with van der Waals surface area (Å²) in [5, 5.41) is 22.3. The monoisotopic (exact) mass is 326 g/mol. The third-order valence-electron chi connectivity index (χ3n) is 3.66. The molecule has 1 fully saturated rings. The van der Waals surface area contributed by atoms with Gasteiger partial charge in [0.15, 0.2) is 0 Å². The van der Waals surface area contributed by atoms with E-state index in [0.29, 0.717) is 32.3 Å². The first kappa shape index (κ1) is 16.1. The number of nitrogens with one attached hydrogen (secondary N) is 1. The minimum atomic E-state index is -0.694. The molecule has 8 heteroatoms. The van der Waals surface area contributed by atoms with Crippen molar-refractivity contribution in [1.29, 1.82) is 5.26 Å². The van der Waals surface area contributed by atoms with Gasteiger partial charge in [-0.15, -0.1) is 0 Å². The van der Waals surface area contributed by atoms with Gasteiger partial charge in [0.25, 0.3) is 0 Å². The number of hydrogen-bond acceptors (Lipinski definition) is 8. The van der Waals surface area contributed by atoms with Crippen molar-refractivity contribution >= 4 is 11.9 Å². The minimum absolute atomic E-state index is 0.0446. The number of ether oxygens (including phenoxy) is 1. The van der Waals surface area contributed by atoms with Crippen molar-refractivity contribution in [1.82, 2.24) is 15.0 Å². The molecule has 1 aromatic carbocycles. The van der Waals surface area contributed by atoms with E-state index in [-0.39, 0.29) is 18.3 Å². The van der Waals surface area contributed by atoms with Crippen LogP contribution in [-0.2, 0) is 4.74 Å². The number of nitriles is 1. The van der Waals surface area contributed by atoms with Crippen molar-refractivity contribution in [3.63, 3.8) is 0 Å². The van der Waals surface area contributed by atoms with Crippen LogP contribution in [0.4, 0.5) is 11.9 Å². The van der Waals surface area contributed by atoms with Gasteiger partial charge in [-0.05, 0) is 5.56 Å². The van der Waals surface area contributed by atoms with Gasteiger partial charge in [0, 0.05) is 19.6 Å². The molecule has 0 aliphatic carbocycles. The smallest absolute Gasteiger partial charge is 0.238 e. The van der Waals surface area contributed by atoms with E-state index in [1.807, 2.05) is 41.3 Å². The normalized spacial score (nSPS) is 15.6. The fourth-order valence-corrected chi connectivity index (χ4v) is 2.38. The average molecular weight is 326 g/mol. The highest BCUT2D eigenvalue weighted by molar-refractivity contribution is 5.40. The molecule has 8 nitrogen and oxygen atoms in total. The first-order chi connectivity index (χ1) is 11.8. The van der Waals surface area contributed by atoms with Crippen molar-refractivity contribution in [3.8, 4) is 6.07 Å². The van der Waals surface area contributed by atoms with Crippen LogP contribution in [0.3, 0.4) is 0 Å². The van der Waals surface area contributed by atoms with Gasteiger partial charge < -0.3 is 20.1 Å². The Bertz CT molecular complexity index is 712. The van der Waals surface area contributed by atoms with E-state index in [4.69, 9.17) is 10.00 Å². The van der Waals surface area contributed by atoms with Crippen LogP contribution >= 0.6 is 0 Å². The molecule has 2 aromatic rings. The molecule has 0 radical (unpaired) electrons. The maximum absolute atomic E-state index is 10.2. The van der Waals surface area contributed by atoms with Gasteiger partial charge in [-0.25, -0.2) is 0 Å². The summed E-state index contributed by atoms with van der Waals surface area (Å²) in [5.41, 5.74) is 0.799. The highest BCUT2D eigenvalue weighted by Gasteiger charge is 2.17. The van der Waals surface area contributed by atoms with Crippen molar-refractivity contribution < 1.29 is 9.84 Å². The number of rotatable bonds is 5. The molecule has 0 saturated carbocycles. The number of aliphatic hydroxyl groups is 1. The Hall–Kier alpha value is -2.76. The molecule has 0 amide bonds. The Balaban J connectivity index is 1.71. The van der Waals surface area contributed by atoms with Crippen molar-refractivity contribution in [2.45, 2.75) is 6.10 Å². The number of hydrogen-bond donors (Lipinski definition) is 2. The third-order valence-corrected chi connectivity index (χ3v) is 3.66. The van der Waals surface area contributed by atoms with Crippen molar-refractivity contribution in [2.24, 2.45) is 0 Å². The molecule has 0 unspecified atom stereocenters. The number of aromatic nitrogens is 3. The maximum atomic E-state index is 10.2. The van der Waals surface area contributed by atoms with Crippen LogP contribution in [0.1, 0.15) is 17.5 Å². The van der Waals surface area contributed by atoms with Crippen LogP contribution in [0.25, 0.3) is 0 Å². The molecule has 1 atom stereocenters. The van der Waals surface area contributed by atoms with E-state index >= 15 is 0 Å². The molecule has 1 aliphatic heterocycles. The molecule has 1 aromatic heterocycles. The fourth-order valence-electron chi connectivity index (χ4n) is 2.38. The second kappa shape index (κ2) is 7.68. The summed E-state index contributed by atoms with van der Waals surface area (Å²) >= 11 is 0. The molecular weight excluding hydrogens is 308 g/mol. The van der Waals surface area contributed by atoms with Gasteiger partial charge in [-0.2, -0.15) is 20.2 Å². The molecular formula is C16H18N6O2. The number of nitrogens with zero attached hydrogens (tertiary/aromatic N) is 5. The number of aliphatic hydroxyl groups excluding tert-OH is 1. The van der Waals surface area contributed by atoms with Gasteiger partial charge >= 0.3 is 0 Å². The lowest BCUT2D eigenvalue weighted by atomic mass is 10.1. The van der Waals surface area contributed by atoms with Gasteiger partial charge in [0.2, 0.25) is 17.7 Å². The van der Waals surface area contributed by atoms with Crippen LogP contribution in [0.15, 0.2) is 30.3 Å². The Morgan fingerprint density at radius 3 is 2.67 bits per heavy atom. The molecule has 3 rings (SSSR count). The Kier molecular flexibility index (Phi) is 5.15. The average Bonchev–Trinajstić information content (AvgIpc) is 2.67. The first-order valence-electron chi connectivity index (χ1n) is 7.72. The lowest BCUT2D eigenvalue weighted by Gasteiger charge is -2.26. The SMILES string of the molecule is N#Cc1nc(NC[C@H](O)c2ccccc2)nc(N2CCOCC2)n1. The van der Waals surface area contributed by atoms with E-state index in [2.05, 4.69) is 20.3 Å². The summed E-state index contributed by atoms with van der Waals surface area (Å²) in [5.74, 6) is 0.766. The number of morpholine rings is 1. The van der Waals surface area contributed by atoms with E-state index in [1.54, 1.807) is 0 Å². The standard InChI is InChI=1S/C16H18N6O2/c17-10-14-19-15(18-11-13(23)12-4-2-1-3-5-12)21-16(20-14)22-6-8-24-9-7-22/h1-5,13,23H,6-9,11H2,(H,18,19,20,21)/t13-/m0/s1. The lowest BCUT2D eigenvalue weighted by Crippen LogP contribution is -2.37. The van der Waals surface area contributed by atoms with E-state index in [0.717, 1.165) is 5.56 Å². The molecule has 0 spiro atoms. The van der Waals surface area contributed by atoms with E-state index in [9.17, 15) is 5.11 Å². The quantitative estimate of drug-likeness (QED) is 0.828. The Morgan fingerprint density at radius 2 is 1.96 bits per heavy atom. The second-order valence-electron chi connectivity index (χ2n) is 5.30. The van der Waals surface area contributed by atoms with Crippen LogP contribution in [0.5, 0.6) is 0 Å². The van der Waals surface area contributed by atoms with E-state index < -0.39 is 6.10 Å². The highest BCUT2D eigenvalue weighted by atomic mass is 16.5.